The van der Waals surface area contributed by atoms with Crippen LogP contribution in [-0.4, -0.2) is 6.54 Å². The first kappa shape index (κ1) is 10.7. The summed E-state index contributed by atoms with van der Waals surface area (Å²) in [5, 5.41) is 3.55. The van der Waals surface area contributed by atoms with E-state index in [4.69, 9.17) is 0 Å². The van der Waals surface area contributed by atoms with Gasteiger partial charge in [-0.25, -0.2) is 0 Å². The second kappa shape index (κ2) is 3.97. The van der Waals surface area contributed by atoms with Crippen molar-refractivity contribution in [2.45, 2.75) is 40.2 Å². The molecular formula is C14H21N. The van der Waals surface area contributed by atoms with Crippen molar-refractivity contribution in [1.29, 1.82) is 0 Å². The summed E-state index contributed by atoms with van der Waals surface area (Å²) in [6.45, 7) is 9.04. The van der Waals surface area contributed by atoms with Gasteiger partial charge in [0.1, 0.15) is 0 Å². The van der Waals surface area contributed by atoms with E-state index in [9.17, 15) is 0 Å². The van der Waals surface area contributed by atoms with Crippen molar-refractivity contribution >= 4 is 0 Å². The van der Waals surface area contributed by atoms with Crippen molar-refractivity contribution in [1.82, 2.24) is 5.32 Å². The SMILES string of the molecule is CCc1ccc2c(c1)CNCC(C)(C)C2. The predicted octanol–water partition coefficient (Wildman–Crippen LogP) is 2.92. The fourth-order valence-electron chi connectivity index (χ4n) is 2.35. The molecule has 0 radical (unpaired) electrons. The molecule has 0 bridgehead atoms. The van der Waals surface area contributed by atoms with Crippen LogP contribution < -0.4 is 5.32 Å². The summed E-state index contributed by atoms with van der Waals surface area (Å²) < 4.78 is 0. The van der Waals surface area contributed by atoms with Crippen LogP contribution in [0, 0.1) is 5.41 Å². The van der Waals surface area contributed by atoms with Crippen molar-refractivity contribution in [3.8, 4) is 0 Å². The summed E-state index contributed by atoms with van der Waals surface area (Å²) in [5.41, 5.74) is 4.87. The monoisotopic (exact) mass is 203 g/mol. The molecule has 0 fully saturated rings. The van der Waals surface area contributed by atoms with Crippen LogP contribution in [-0.2, 0) is 19.4 Å². The summed E-state index contributed by atoms with van der Waals surface area (Å²) >= 11 is 0. The maximum Gasteiger partial charge on any atom is 0.0208 e. The Labute approximate surface area is 92.9 Å². The fourth-order valence-corrected chi connectivity index (χ4v) is 2.35. The van der Waals surface area contributed by atoms with E-state index in [1.165, 1.54) is 23.1 Å². The Kier molecular flexibility index (Phi) is 2.83. The molecule has 1 heterocycles. The molecule has 0 saturated heterocycles. The van der Waals surface area contributed by atoms with Crippen LogP contribution in [0.15, 0.2) is 18.2 Å². The van der Waals surface area contributed by atoms with Gasteiger partial charge in [0, 0.05) is 13.1 Å². The molecule has 0 spiro atoms. The van der Waals surface area contributed by atoms with Gasteiger partial charge in [0.2, 0.25) is 0 Å². The van der Waals surface area contributed by atoms with E-state index in [0.717, 1.165) is 19.5 Å². The Morgan fingerprint density at radius 3 is 2.80 bits per heavy atom. The van der Waals surface area contributed by atoms with Crippen molar-refractivity contribution in [3.05, 3.63) is 34.9 Å². The third kappa shape index (κ3) is 2.40. The average molecular weight is 203 g/mol. The van der Waals surface area contributed by atoms with Gasteiger partial charge >= 0.3 is 0 Å². The molecule has 1 aromatic carbocycles. The smallest absolute Gasteiger partial charge is 0.0208 e. The number of aryl methyl sites for hydroxylation is 1. The number of benzene rings is 1. The minimum Gasteiger partial charge on any atom is -0.312 e. The van der Waals surface area contributed by atoms with Gasteiger partial charge in [-0.15, -0.1) is 0 Å². The number of hydrogen-bond acceptors (Lipinski definition) is 1. The van der Waals surface area contributed by atoms with E-state index in [-0.39, 0.29) is 0 Å². The molecule has 0 amide bonds. The Morgan fingerprint density at radius 2 is 2.07 bits per heavy atom. The quantitative estimate of drug-likeness (QED) is 0.740. The largest absolute Gasteiger partial charge is 0.312 e. The molecule has 0 saturated carbocycles. The zero-order chi connectivity index (χ0) is 10.9. The zero-order valence-corrected chi connectivity index (χ0v) is 10.1. The van der Waals surface area contributed by atoms with Crippen LogP contribution in [0.3, 0.4) is 0 Å². The molecule has 2 rings (SSSR count). The lowest BCUT2D eigenvalue weighted by atomic mass is 9.85. The van der Waals surface area contributed by atoms with Crippen molar-refractivity contribution < 1.29 is 0 Å². The molecule has 0 aromatic heterocycles. The minimum atomic E-state index is 0.388. The Hall–Kier alpha value is -0.820. The summed E-state index contributed by atoms with van der Waals surface area (Å²) in [7, 11) is 0. The van der Waals surface area contributed by atoms with E-state index < -0.39 is 0 Å². The van der Waals surface area contributed by atoms with Gasteiger partial charge in [-0.1, -0.05) is 39.0 Å². The standard InChI is InChI=1S/C14H21N/c1-4-11-5-6-12-8-14(2,3)10-15-9-13(12)7-11/h5-7,15H,4,8-10H2,1-3H3. The van der Waals surface area contributed by atoms with Crippen molar-refractivity contribution in [2.24, 2.45) is 5.41 Å². The van der Waals surface area contributed by atoms with Crippen LogP contribution in [0.5, 0.6) is 0 Å². The van der Waals surface area contributed by atoms with Crippen molar-refractivity contribution in [3.63, 3.8) is 0 Å². The van der Waals surface area contributed by atoms with Gasteiger partial charge in [-0.2, -0.15) is 0 Å². The Morgan fingerprint density at radius 1 is 1.27 bits per heavy atom. The highest BCUT2D eigenvalue weighted by Gasteiger charge is 2.22. The molecular weight excluding hydrogens is 182 g/mol. The van der Waals surface area contributed by atoms with Gasteiger partial charge in [0.25, 0.3) is 0 Å². The van der Waals surface area contributed by atoms with Crippen LogP contribution in [0.25, 0.3) is 0 Å². The highest BCUT2D eigenvalue weighted by Crippen LogP contribution is 2.26. The molecule has 0 atom stereocenters. The summed E-state index contributed by atoms with van der Waals surface area (Å²) in [5.74, 6) is 0. The molecule has 1 heteroatoms. The molecule has 1 aliphatic rings. The van der Waals surface area contributed by atoms with E-state index in [2.05, 4.69) is 44.3 Å². The molecule has 15 heavy (non-hydrogen) atoms. The first-order valence-electron chi connectivity index (χ1n) is 5.92. The first-order valence-corrected chi connectivity index (χ1v) is 5.92. The molecule has 1 N–H and O–H groups in total. The van der Waals surface area contributed by atoms with Crippen LogP contribution in [0.4, 0.5) is 0 Å². The Bertz CT molecular complexity index is 352. The third-order valence-corrected chi connectivity index (χ3v) is 3.27. The van der Waals surface area contributed by atoms with Crippen LogP contribution in [0.1, 0.15) is 37.5 Å². The molecule has 0 aliphatic carbocycles. The summed E-state index contributed by atoms with van der Waals surface area (Å²) in [4.78, 5) is 0. The van der Waals surface area contributed by atoms with E-state index >= 15 is 0 Å². The molecule has 1 aliphatic heterocycles. The van der Waals surface area contributed by atoms with Gasteiger partial charge < -0.3 is 5.32 Å². The van der Waals surface area contributed by atoms with Gasteiger partial charge in [0.15, 0.2) is 0 Å². The lowest BCUT2D eigenvalue weighted by Crippen LogP contribution is -2.27. The minimum absolute atomic E-state index is 0.388. The summed E-state index contributed by atoms with van der Waals surface area (Å²) in [6, 6.07) is 6.97. The lowest BCUT2D eigenvalue weighted by molar-refractivity contribution is 0.349. The second-order valence-electron chi connectivity index (χ2n) is 5.40. The first-order chi connectivity index (χ1) is 7.11. The lowest BCUT2D eigenvalue weighted by Gasteiger charge is -2.22. The van der Waals surface area contributed by atoms with Crippen LogP contribution in [0.2, 0.25) is 0 Å². The van der Waals surface area contributed by atoms with Gasteiger partial charge in [-0.3, -0.25) is 0 Å². The molecule has 1 nitrogen and oxygen atoms in total. The van der Waals surface area contributed by atoms with E-state index in [0.29, 0.717) is 5.41 Å². The van der Waals surface area contributed by atoms with Gasteiger partial charge in [-0.05, 0) is 34.9 Å². The number of fused-ring (bicyclic) bond motifs is 1. The zero-order valence-electron chi connectivity index (χ0n) is 10.1. The average Bonchev–Trinajstić information content (AvgIpc) is 2.33. The maximum atomic E-state index is 3.55. The summed E-state index contributed by atoms with van der Waals surface area (Å²) in [6.07, 6.45) is 2.33. The Balaban J connectivity index is 2.34. The van der Waals surface area contributed by atoms with Crippen molar-refractivity contribution in [2.75, 3.05) is 6.54 Å². The predicted molar refractivity (Wildman–Crippen MR) is 65.0 cm³/mol. The molecule has 1 aromatic rings. The van der Waals surface area contributed by atoms with Gasteiger partial charge in [0.05, 0.1) is 0 Å². The normalized spacial score (nSPS) is 19.4. The topological polar surface area (TPSA) is 12.0 Å². The maximum absolute atomic E-state index is 3.55. The third-order valence-electron chi connectivity index (χ3n) is 3.27. The molecule has 0 unspecified atom stereocenters. The van der Waals surface area contributed by atoms with E-state index in [1.54, 1.807) is 0 Å². The molecule has 82 valence electrons. The highest BCUT2D eigenvalue weighted by molar-refractivity contribution is 5.33. The van der Waals surface area contributed by atoms with Crippen LogP contribution >= 0.6 is 0 Å². The number of rotatable bonds is 1. The fraction of sp³-hybridized carbons (Fsp3) is 0.571. The number of nitrogens with one attached hydrogen (secondary N) is 1. The highest BCUT2D eigenvalue weighted by atomic mass is 14.9. The van der Waals surface area contributed by atoms with E-state index in [1.807, 2.05) is 0 Å². The number of hydrogen-bond donors (Lipinski definition) is 1. The second-order valence-corrected chi connectivity index (χ2v) is 5.40.